The largest absolute Gasteiger partial charge is 0.493 e. The van der Waals surface area contributed by atoms with Gasteiger partial charge in [-0.25, -0.2) is 4.68 Å². The normalized spacial score (nSPS) is 12.3. The molecule has 7 nitrogen and oxygen atoms in total. The summed E-state index contributed by atoms with van der Waals surface area (Å²) < 4.78 is 19.4. The molecule has 1 atom stereocenters. The van der Waals surface area contributed by atoms with Gasteiger partial charge in [-0.15, -0.1) is 0 Å². The highest BCUT2D eigenvalue weighted by molar-refractivity contribution is 5.65. The molecule has 3 rings (SSSR count). The van der Waals surface area contributed by atoms with Gasteiger partial charge in [-0.05, 0) is 31.0 Å². The molecule has 0 aliphatic rings. The van der Waals surface area contributed by atoms with Crippen molar-refractivity contribution in [2.24, 2.45) is 13.0 Å². The molecule has 0 unspecified atom stereocenters. The van der Waals surface area contributed by atoms with E-state index in [4.69, 9.17) is 19.3 Å². The summed E-state index contributed by atoms with van der Waals surface area (Å²) in [5.74, 6) is 2.37. The molecule has 0 bridgehead atoms. The average molecular weight is 482 g/mol. The van der Waals surface area contributed by atoms with Crippen molar-refractivity contribution >= 4 is 0 Å². The molecule has 190 valence electrons. The van der Waals surface area contributed by atoms with Gasteiger partial charge >= 0.3 is 0 Å². The maximum Gasteiger partial charge on any atom is 0.222 e. The Hall–Kier alpha value is -2.87. The van der Waals surface area contributed by atoms with Gasteiger partial charge in [0.25, 0.3) is 0 Å². The van der Waals surface area contributed by atoms with Crippen LogP contribution in [0.15, 0.2) is 54.6 Å². The van der Waals surface area contributed by atoms with E-state index in [-0.39, 0.29) is 0 Å². The third-order valence-corrected chi connectivity index (χ3v) is 5.56. The number of methoxy groups -OCH3 is 1. The molecule has 35 heavy (non-hydrogen) atoms. The van der Waals surface area contributed by atoms with Crippen LogP contribution in [0, 0.1) is 5.92 Å². The van der Waals surface area contributed by atoms with Crippen LogP contribution in [0.3, 0.4) is 0 Å². The Morgan fingerprint density at radius 1 is 1.00 bits per heavy atom. The number of hydrogen-bond acceptors (Lipinski definition) is 6. The molecule has 0 aliphatic carbocycles. The lowest BCUT2D eigenvalue weighted by Gasteiger charge is -2.25. The molecule has 1 N–H and O–H groups in total. The van der Waals surface area contributed by atoms with Crippen molar-refractivity contribution in [3.63, 3.8) is 0 Å². The third kappa shape index (κ3) is 7.56. The molecule has 7 heteroatoms. The lowest BCUT2D eigenvalue weighted by atomic mass is 10.1. The molecule has 2 aromatic carbocycles. The van der Waals surface area contributed by atoms with E-state index in [9.17, 15) is 5.11 Å². The van der Waals surface area contributed by atoms with Gasteiger partial charge in [0.05, 0.1) is 25.4 Å². The number of ether oxygens (including phenoxy) is 3. The predicted molar refractivity (Wildman–Crippen MR) is 139 cm³/mol. The standard InChI is InChI=1S/C28H39N3O4/c1-6-16-31(17-23(32)20-34-19-21(2)3)18-24-27(22-12-8-7-9-13-22)29-30(4)28(24)35-26-15-11-10-14-25(26)33-5/h7-15,21,23,32H,6,16-20H2,1-5H3/t23-/m0/s1. The van der Waals surface area contributed by atoms with E-state index in [1.54, 1.807) is 11.8 Å². The second-order valence-electron chi connectivity index (χ2n) is 9.20. The molecular formula is C28H39N3O4. The van der Waals surface area contributed by atoms with Crippen molar-refractivity contribution in [2.75, 3.05) is 33.4 Å². The summed E-state index contributed by atoms with van der Waals surface area (Å²) in [4.78, 5) is 2.24. The van der Waals surface area contributed by atoms with Crippen LogP contribution in [-0.2, 0) is 18.3 Å². The Morgan fingerprint density at radius 2 is 1.69 bits per heavy atom. The van der Waals surface area contributed by atoms with Crippen LogP contribution < -0.4 is 9.47 Å². The summed E-state index contributed by atoms with van der Waals surface area (Å²) in [6, 6.07) is 17.7. The summed E-state index contributed by atoms with van der Waals surface area (Å²) >= 11 is 0. The number of nitrogens with zero attached hydrogens (tertiary/aromatic N) is 3. The van der Waals surface area contributed by atoms with Crippen LogP contribution in [0.2, 0.25) is 0 Å². The van der Waals surface area contributed by atoms with E-state index in [0.717, 1.165) is 29.8 Å². The van der Waals surface area contributed by atoms with Crippen LogP contribution in [0.25, 0.3) is 11.3 Å². The van der Waals surface area contributed by atoms with Crippen molar-refractivity contribution in [1.29, 1.82) is 0 Å². The van der Waals surface area contributed by atoms with E-state index in [1.807, 2.05) is 49.5 Å². The number of aromatic nitrogens is 2. The molecular weight excluding hydrogens is 442 g/mol. The van der Waals surface area contributed by atoms with E-state index >= 15 is 0 Å². The van der Waals surface area contributed by atoms with Crippen LogP contribution in [0.4, 0.5) is 0 Å². The Kier molecular flexibility index (Phi) is 10.1. The number of aliphatic hydroxyl groups excluding tert-OH is 1. The highest BCUT2D eigenvalue weighted by Gasteiger charge is 2.24. The zero-order valence-electron chi connectivity index (χ0n) is 21.6. The van der Waals surface area contributed by atoms with Crippen molar-refractivity contribution in [3.05, 3.63) is 60.2 Å². The maximum atomic E-state index is 10.7. The van der Waals surface area contributed by atoms with Crippen molar-refractivity contribution in [3.8, 4) is 28.6 Å². The van der Waals surface area contributed by atoms with Gasteiger partial charge in [-0.2, -0.15) is 5.10 Å². The molecule has 0 saturated carbocycles. The highest BCUT2D eigenvalue weighted by atomic mass is 16.5. The monoisotopic (exact) mass is 481 g/mol. The highest BCUT2D eigenvalue weighted by Crippen LogP contribution is 2.37. The number of aryl methyl sites for hydroxylation is 1. The van der Waals surface area contributed by atoms with E-state index < -0.39 is 6.10 Å². The predicted octanol–water partition coefficient (Wildman–Crippen LogP) is 5.13. The minimum absolute atomic E-state index is 0.321. The summed E-state index contributed by atoms with van der Waals surface area (Å²) in [7, 11) is 3.52. The number of aliphatic hydroxyl groups is 1. The Morgan fingerprint density at radius 3 is 2.34 bits per heavy atom. The van der Waals surface area contributed by atoms with E-state index in [1.165, 1.54) is 0 Å². The van der Waals surface area contributed by atoms with Gasteiger partial charge < -0.3 is 19.3 Å². The first-order valence-electron chi connectivity index (χ1n) is 12.3. The molecule has 0 amide bonds. The molecule has 0 aliphatic heterocycles. The Balaban J connectivity index is 1.92. The lowest BCUT2D eigenvalue weighted by Crippen LogP contribution is -2.35. The second kappa shape index (κ2) is 13.3. The van der Waals surface area contributed by atoms with E-state index in [0.29, 0.717) is 49.6 Å². The van der Waals surface area contributed by atoms with Crippen LogP contribution in [0.1, 0.15) is 32.8 Å². The van der Waals surface area contributed by atoms with Crippen LogP contribution in [0.5, 0.6) is 17.4 Å². The molecule has 3 aromatic rings. The molecule has 0 spiro atoms. The summed E-state index contributed by atoms with van der Waals surface area (Å²) in [5.41, 5.74) is 2.85. The number of rotatable bonds is 14. The second-order valence-corrected chi connectivity index (χ2v) is 9.20. The smallest absolute Gasteiger partial charge is 0.222 e. The van der Waals surface area contributed by atoms with Crippen molar-refractivity contribution in [2.45, 2.75) is 39.8 Å². The third-order valence-electron chi connectivity index (χ3n) is 5.56. The van der Waals surface area contributed by atoms with Gasteiger partial charge in [0.2, 0.25) is 5.88 Å². The van der Waals surface area contributed by atoms with Gasteiger partial charge in [0.1, 0.15) is 5.69 Å². The number of benzene rings is 2. The Labute approximate surface area is 209 Å². The van der Waals surface area contributed by atoms with Gasteiger partial charge in [-0.3, -0.25) is 4.90 Å². The molecule has 0 fully saturated rings. The minimum Gasteiger partial charge on any atom is -0.493 e. The van der Waals surface area contributed by atoms with Crippen molar-refractivity contribution < 1.29 is 19.3 Å². The van der Waals surface area contributed by atoms with Gasteiger partial charge in [0, 0.05) is 32.3 Å². The van der Waals surface area contributed by atoms with Crippen LogP contribution in [-0.4, -0.2) is 59.3 Å². The number of para-hydroxylation sites is 2. The fraction of sp³-hybridized carbons (Fsp3) is 0.464. The Bertz CT molecular complexity index is 1040. The maximum absolute atomic E-state index is 10.7. The van der Waals surface area contributed by atoms with Gasteiger partial charge in [0.15, 0.2) is 11.5 Å². The quantitative estimate of drug-likeness (QED) is 0.344. The summed E-state index contributed by atoms with van der Waals surface area (Å²) in [6.45, 7) is 9.23. The topological polar surface area (TPSA) is 69.0 Å². The fourth-order valence-electron chi connectivity index (χ4n) is 4.02. The molecule has 1 heterocycles. The first-order chi connectivity index (χ1) is 16.9. The van der Waals surface area contributed by atoms with Crippen LogP contribution >= 0.6 is 0 Å². The summed E-state index contributed by atoms with van der Waals surface area (Å²) in [6.07, 6.45) is 0.388. The lowest BCUT2D eigenvalue weighted by molar-refractivity contribution is 0.00685. The average Bonchev–Trinajstić information content (AvgIpc) is 3.14. The van der Waals surface area contributed by atoms with E-state index in [2.05, 4.69) is 37.8 Å². The molecule has 0 radical (unpaired) electrons. The first-order valence-corrected chi connectivity index (χ1v) is 12.3. The summed E-state index contributed by atoms with van der Waals surface area (Å²) in [5, 5.41) is 15.5. The zero-order valence-corrected chi connectivity index (χ0v) is 21.6. The minimum atomic E-state index is -0.573. The molecule has 0 saturated heterocycles. The zero-order chi connectivity index (χ0) is 25.2. The number of hydrogen-bond donors (Lipinski definition) is 1. The fourth-order valence-corrected chi connectivity index (χ4v) is 4.02. The first kappa shape index (κ1) is 26.7. The SMILES string of the molecule is CCCN(Cc1c(-c2ccccc2)nn(C)c1Oc1ccccc1OC)C[C@H](O)COCC(C)C. The molecule has 1 aromatic heterocycles. The van der Waals surface area contributed by atoms with Gasteiger partial charge in [-0.1, -0.05) is 63.2 Å². The van der Waals surface area contributed by atoms with Crippen molar-refractivity contribution in [1.82, 2.24) is 14.7 Å².